The highest BCUT2D eigenvalue weighted by Gasteiger charge is 2.33. The SMILES string of the molecule is CC1CCN(C)CC1C(=O)OC(c1ccc(Cl)cc1)c1ccccc1Cl. The molecule has 0 radical (unpaired) electrons. The molecule has 1 saturated heterocycles. The zero-order valence-corrected chi connectivity index (χ0v) is 16.5. The summed E-state index contributed by atoms with van der Waals surface area (Å²) in [5.74, 6) is -0.00855. The van der Waals surface area contributed by atoms with E-state index in [0.29, 0.717) is 16.0 Å². The summed E-state index contributed by atoms with van der Waals surface area (Å²) >= 11 is 12.4. The van der Waals surface area contributed by atoms with E-state index in [1.165, 1.54) is 0 Å². The molecule has 0 amide bonds. The Morgan fingerprint density at radius 2 is 1.85 bits per heavy atom. The topological polar surface area (TPSA) is 29.5 Å². The molecule has 0 N–H and O–H groups in total. The number of likely N-dealkylation sites (tertiary alicyclic amines) is 1. The minimum atomic E-state index is -0.548. The predicted molar refractivity (Wildman–Crippen MR) is 106 cm³/mol. The number of benzene rings is 2. The lowest BCUT2D eigenvalue weighted by atomic mass is 9.87. The van der Waals surface area contributed by atoms with Gasteiger partial charge in [-0.05, 0) is 49.7 Å². The van der Waals surface area contributed by atoms with Crippen LogP contribution in [0.5, 0.6) is 0 Å². The lowest BCUT2D eigenvalue weighted by Gasteiger charge is -2.34. The summed E-state index contributed by atoms with van der Waals surface area (Å²) in [6.07, 6.45) is 0.446. The summed E-state index contributed by atoms with van der Waals surface area (Å²) in [4.78, 5) is 15.2. The Morgan fingerprint density at radius 1 is 1.15 bits per heavy atom. The first kappa shape index (κ1) is 19.2. The van der Waals surface area contributed by atoms with Crippen LogP contribution in [-0.4, -0.2) is 31.0 Å². The number of hydrogen-bond donors (Lipinski definition) is 0. The number of esters is 1. The Bertz CT molecular complexity index is 763. The van der Waals surface area contributed by atoms with Gasteiger partial charge in [0.2, 0.25) is 0 Å². The van der Waals surface area contributed by atoms with Crippen LogP contribution in [0.25, 0.3) is 0 Å². The molecule has 3 rings (SSSR count). The van der Waals surface area contributed by atoms with Gasteiger partial charge in [0.25, 0.3) is 0 Å². The van der Waals surface area contributed by atoms with Crippen molar-refractivity contribution in [3.05, 3.63) is 69.7 Å². The Labute approximate surface area is 164 Å². The molecule has 2 aromatic carbocycles. The van der Waals surface area contributed by atoms with Crippen molar-refractivity contribution >= 4 is 29.2 Å². The standard InChI is InChI=1S/C21H23Cl2NO2/c1-14-11-12-24(2)13-18(14)21(25)26-20(15-7-9-16(22)10-8-15)17-5-3-4-6-19(17)23/h3-10,14,18,20H,11-13H2,1-2H3. The molecule has 26 heavy (non-hydrogen) atoms. The molecule has 0 aromatic heterocycles. The molecule has 138 valence electrons. The van der Waals surface area contributed by atoms with Gasteiger partial charge in [-0.3, -0.25) is 4.79 Å². The van der Waals surface area contributed by atoms with Crippen molar-refractivity contribution in [3.8, 4) is 0 Å². The molecular formula is C21H23Cl2NO2. The Morgan fingerprint density at radius 3 is 2.54 bits per heavy atom. The molecule has 0 aliphatic carbocycles. The molecule has 1 fully saturated rings. The fourth-order valence-electron chi connectivity index (χ4n) is 3.38. The summed E-state index contributed by atoms with van der Waals surface area (Å²) in [6.45, 7) is 3.84. The van der Waals surface area contributed by atoms with Gasteiger partial charge in [-0.1, -0.05) is 60.5 Å². The lowest BCUT2D eigenvalue weighted by Crippen LogP contribution is -2.42. The third-order valence-electron chi connectivity index (χ3n) is 5.06. The highest BCUT2D eigenvalue weighted by Crippen LogP contribution is 2.34. The summed E-state index contributed by atoms with van der Waals surface area (Å²) in [7, 11) is 2.04. The summed E-state index contributed by atoms with van der Waals surface area (Å²) in [6, 6.07) is 14.8. The van der Waals surface area contributed by atoms with Crippen LogP contribution < -0.4 is 0 Å². The van der Waals surface area contributed by atoms with Crippen LogP contribution in [0.15, 0.2) is 48.5 Å². The first-order valence-electron chi connectivity index (χ1n) is 8.84. The number of nitrogens with zero attached hydrogens (tertiary/aromatic N) is 1. The van der Waals surface area contributed by atoms with Crippen molar-refractivity contribution < 1.29 is 9.53 Å². The van der Waals surface area contributed by atoms with Gasteiger partial charge in [-0.25, -0.2) is 0 Å². The van der Waals surface area contributed by atoms with E-state index < -0.39 is 6.10 Å². The lowest BCUT2D eigenvalue weighted by molar-refractivity contribution is -0.156. The molecule has 1 aliphatic rings. The summed E-state index contributed by atoms with van der Waals surface area (Å²) < 4.78 is 6.01. The molecule has 0 bridgehead atoms. The van der Waals surface area contributed by atoms with Crippen LogP contribution in [0.4, 0.5) is 0 Å². The number of rotatable bonds is 4. The largest absolute Gasteiger partial charge is 0.452 e. The second-order valence-corrected chi connectivity index (χ2v) is 7.87. The van der Waals surface area contributed by atoms with Crippen LogP contribution in [0.3, 0.4) is 0 Å². The maximum absolute atomic E-state index is 13.0. The zero-order chi connectivity index (χ0) is 18.7. The number of halogens is 2. The van der Waals surface area contributed by atoms with Crippen molar-refractivity contribution in [3.63, 3.8) is 0 Å². The van der Waals surface area contributed by atoms with Crippen molar-refractivity contribution in [2.75, 3.05) is 20.1 Å². The van der Waals surface area contributed by atoms with Crippen molar-refractivity contribution in [2.45, 2.75) is 19.4 Å². The van der Waals surface area contributed by atoms with Crippen LogP contribution >= 0.6 is 23.2 Å². The van der Waals surface area contributed by atoms with E-state index in [1.807, 2.05) is 43.4 Å². The predicted octanol–water partition coefficient (Wildman–Crippen LogP) is 5.21. The first-order valence-corrected chi connectivity index (χ1v) is 9.60. The summed E-state index contributed by atoms with van der Waals surface area (Å²) in [5.41, 5.74) is 1.63. The number of piperidine rings is 1. The van der Waals surface area contributed by atoms with Gasteiger partial charge in [-0.2, -0.15) is 0 Å². The van der Waals surface area contributed by atoms with Gasteiger partial charge in [-0.15, -0.1) is 0 Å². The Kier molecular flexibility index (Phi) is 6.23. The third kappa shape index (κ3) is 4.40. The summed E-state index contributed by atoms with van der Waals surface area (Å²) in [5, 5.41) is 1.22. The van der Waals surface area contributed by atoms with E-state index in [1.54, 1.807) is 12.1 Å². The Hall–Kier alpha value is -1.55. The van der Waals surface area contributed by atoms with Gasteiger partial charge in [0.05, 0.1) is 5.92 Å². The van der Waals surface area contributed by atoms with Gasteiger partial charge in [0.15, 0.2) is 6.10 Å². The zero-order valence-electron chi connectivity index (χ0n) is 15.0. The van der Waals surface area contributed by atoms with Crippen molar-refractivity contribution in [1.82, 2.24) is 4.90 Å². The van der Waals surface area contributed by atoms with E-state index in [-0.39, 0.29) is 11.9 Å². The molecule has 1 aliphatic heterocycles. The van der Waals surface area contributed by atoms with Gasteiger partial charge in [0.1, 0.15) is 0 Å². The minimum Gasteiger partial charge on any atom is -0.452 e. The number of hydrogen-bond acceptors (Lipinski definition) is 3. The third-order valence-corrected chi connectivity index (χ3v) is 5.65. The van der Waals surface area contributed by atoms with E-state index in [4.69, 9.17) is 27.9 Å². The average molecular weight is 392 g/mol. The molecular weight excluding hydrogens is 369 g/mol. The smallest absolute Gasteiger partial charge is 0.311 e. The highest BCUT2D eigenvalue weighted by atomic mass is 35.5. The fourth-order valence-corrected chi connectivity index (χ4v) is 3.74. The van der Waals surface area contributed by atoms with E-state index in [0.717, 1.165) is 30.6 Å². The Balaban J connectivity index is 1.90. The number of carbonyl (C=O) groups is 1. The van der Waals surface area contributed by atoms with Crippen LogP contribution in [-0.2, 0) is 9.53 Å². The quantitative estimate of drug-likeness (QED) is 0.669. The molecule has 3 unspecified atom stereocenters. The number of carbonyl (C=O) groups excluding carboxylic acids is 1. The molecule has 3 atom stereocenters. The second kappa shape index (κ2) is 8.43. The minimum absolute atomic E-state index is 0.133. The molecule has 3 nitrogen and oxygen atoms in total. The highest BCUT2D eigenvalue weighted by molar-refractivity contribution is 6.31. The molecule has 0 spiro atoms. The van der Waals surface area contributed by atoms with Crippen LogP contribution in [0.2, 0.25) is 10.0 Å². The molecule has 1 heterocycles. The van der Waals surface area contributed by atoms with Crippen molar-refractivity contribution in [2.24, 2.45) is 11.8 Å². The first-order chi connectivity index (χ1) is 12.5. The van der Waals surface area contributed by atoms with Gasteiger partial charge in [0, 0.05) is 22.2 Å². The maximum Gasteiger partial charge on any atom is 0.311 e. The normalized spacial score (nSPS) is 22.0. The van der Waals surface area contributed by atoms with Crippen molar-refractivity contribution in [1.29, 1.82) is 0 Å². The fraction of sp³-hybridized carbons (Fsp3) is 0.381. The number of ether oxygens (including phenoxy) is 1. The molecule has 2 aromatic rings. The molecule has 0 saturated carbocycles. The van der Waals surface area contributed by atoms with Gasteiger partial charge >= 0.3 is 5.97 Å². The maximum atomic E-state index is 13.0. The van der Waals surface area contributed by atoms with Crippen LogP contribution in [0.1, 0.15) is 30.6 Å². The van der Waals surface area contributed by atoms with Crippen LogP contribution in [0, 0.1) is 11.8 Å². The average Bonchev–Trinajstić information content (AvgIpc) is 2.63. The second-order valence-electron chi connectivity index (χ2n) is 7.02. The van der Waals surface area contributed by atoms with E-state index in [2.05, 4.69) is 11.8 Å². The monoisotopic (exact) mass is 391 g/mol. The van der Waals surface area contributed by atoms with Gasteiger partial charge < -0.3 is 9.64 Å². The van der Waals surface area contributed by atoms with E-state index in [9.17, 15) is 4.79 Å². The van der Waals surface area contributed by atoms with E-state index >= 15 is 0 Å². The molecule has 5 heteroatoms.